The summed E-state index contributed by atoms with van der Waals surface area (Å²) in [4.78, 5) is 1.42. The molecule has 0 radical (unpaired) electrons. The van der Waals surface area contributed by atoms with Crippen LogP contribution in [0, 0.1) is 12.7 Å². The lowest BCUT2D eigenvalue weighted by Crippen LogP contribution is -2.10. The van der Waals surface area contributed by atoms with Gasteiger partial charge in [-0.15, -0.1) is 23.5 Å². The molecule has 0 N–H and O–H groups in total. The van der Waals surface area contributed by atoms with Gasteiger partial charge in [-0.3, -0.25) is 0 Å². The van der Waals surface area contributed by atoms with Gasteiger partial charge in [-0.25, -0.2) is 4.39 Å². The first-order chi connectivity index (χ1) is 13.3. The summed E-state index contributed by atoms with van der Waals surface area (Å²) in [7, 11) is 0. The van der Waals surface area contributed by atoms with E-state index in [-0.39, 0.29) is 0 Å². The van der Waals surface area contributed by atoms with Crippen molar-refractivity contribution >= 4 is 23.5 Å². The van der Waals surface area contributed by atoms with Crippen LogP contribution in [-0.2, 0) is 5.75 Å². The third-order valence-electron chi connectivity index (χ3n) is 4.05. The Morgan fingerprint density at radius 2 is 1.61 bits per heavy atom. The molecule has 0 aromatic heterocycles. The molecule has 0 amide bonds. The fourth-order valence-corrected chi connectivity index (χ4v) is 4.40. The molecule has 0 spiro atoms. The number of halogens is 4. The number of thioether (sulfide) groups is 2. The summed E-state index contributed by atoms with van der Waals surface area (Å²) in [6.45, 7) is 1.62. The Morgan fingerprint density at radius 3 is 2.32 bits per heavy atom. The van der Waals surface area contributed by atoms with Crippen molar-refractivity contribution in [3.05, 3.63) is 83.7 Å². The van der Waals surface area contributed by atoms with E-state index >= 15 is 0 Å². The highest BCUT2D eigenvalue weighted by molar-refractivity contribution is 7.99. The maximum Gasteiger partial charge on any atom is 0.398 e. The molecule has 3 rings (SSSR count). The highest BCUT2D eigenvalue weighted by atomic mass is 32.2. The van der Waals surface area contributed by atoms with Crippen LogP contribution in [0.3, 0.4) is 0 Å². The molecule has 0 unspecified atom stereocenters. The van der Waals surface area contributed by atoms with Gasteiger partial charge in [0.05, 0.1) is 5.75 Å². The first-order valence-electron chi connectivity index (χ1n) is 8.59. The molecule has 0 nitrogen and oxygen atoms in total. The second-order valence-electron chi connectivity index (χ2n) is 6.30. The Labute approximate surface area is 170 Å². The summed E-state index contributed by atoms with van der Waals surface area (Å²) < 4.78 is 52.2. The molecule has 3 aromatic carbocycles. The van der Waals surface area contributed by atoms with Gasteiger partial charge in [0.25, 0.3) is 0 Å². The van der Waals surface area contributed by atoms with Crippen molar-refractivity contribution in [1.29, 1.82) is 0 Å². The van der Waals surface area contributed by atoms with E-state index in [9.17, 15) is 17.6 Å². The molecular weight excluding hydrogens is 404 g/mol. The average molecular weight is 423 g/mol. The van der Waals surface area contributed by atoms with Crippen LogP contribution in [0.25, 0.3) is 11.1 Å². The van der Waals surface area contributed by atoms with E-state index in [1.54, 1.807) is 24.8 Å². The second kappa shape index (κ2) is 9.05. The van der Waals surface area contributed by atoms with Crippen molar-refractivity contribution in [1.82, 2.24) is 0 Å². The zero-order valence-corrected chi connectivity index (χ0v) is 16.7. The summed E-state index contributed by atoms with van der Waals surface area (Å²) in [6, 6.07) is 20.3. The van der Waals surface area contributed by atoms with Crippen molar-refractivity contribution < 1.29 is 17.6 Å². The van der Waals surface area contributed by atoms with Crippen molar-refractivity contribution in [3.63, 3.8) is 0 Å². The second-order valence-corrected chi connectivity index (χ2v) is 8.37. The standard InChI is InChI=1S/C22H18F4S2/c1-15-10-20(23)19(12-21(15)28-14-22(24,25)26)17-8-5-9-18(11-17)27-13-16-6-3-2-4-7-16/h2-12H,13-14H2,1H3. The monoisotopic (exact) mass is 422 g/mol. The minimum absolute atomic E-state index is 0.317. The molecule has 146 valence electrons. The number of alkyl halides is 3. The molecule has 3 aromatic rings. The molecule has 0 aliphatic heterocycles. The van der Waals surface area contributed by atoms with E-state index in [1.165, 1.54) is 17.7 Å². The van der Waals surface area contributed by atoms with E-state index in [2.05, 4.69) is 0 Å². The Bertz CT molecular complexity index is 937. The number of rotatable bonds is 6. The summed E-state index contributed by atoms with van der Waals surface area (Å²) in [6.07, 6.45) is -4.26. The van der Waals surface area contributed by atoms with E-state index in [0.717, 1.165) is 10.6 Å². The Morgan fingerprint density at radius 1 is 0.857 bits per heavy atom. The summed E-state index contributed by atoms with van der Waals surface area (Å²) in [5.41, 5.74) is 2.66. The lowest BCUT2D eigenvalue weighted by Gasteiger charge is -2.12. The summed E-state index contributed by atoms with van der Waals surface area (Å²) in [5.74, 6) is -0.641. The van der Waals surface area contributed by atoms with Gasteiger partial charge in [0, 0.05) is 21.1 Å². The van der Waals surface area contributed by atoms with E-state index in [0.29, 0.717) is 33.3 Å². The fraction of sp³-hybridized carbons (Fsp3) is 0.182. The van der Waals surface area contributed by atoms with Crippen LogP contribution in [0.4, 0.5) is 17.6 Å². The van der Waals surface area contributed by atoms with E-state index < -0.39 is 17.7 Å². The van der Waals surface area contributed by atoms with Crippen LogP contribution in [0.5, 0.6) is 0 Å². The van der Waals surface area contributed by atoms with Crippen molar-refractivity contribution in [2.45, 2.75) is 28.6 Å². The minimum atomic E-state index is -4.26. The molecule has 6 heteroatoms. The average Bonchev–Trinajstić information content (AvgIpc) is 2.66. The summed E-state index contributed by atoms with van der Waals surface area (Å²) >= 11 is 2.32. The molecule has 0 fully saturated rings. The molecule has 0 atom stereocenters. The first kappa shape index (κ1) is 20.8. The van der Waals surface area contributed by atoms with Gasteiger partial charge in [0.15, 0.2) is 0 Å². The Hall–Kier alpha value is -1.92. The van der Waals surface area contributed by atoms with Crippen molar-refractivity contribution in [2.75, 3.05) is 5.75 Å². The number of hydrogen-bond acceptors (Lipinski definition) is 2. The number of aryl methyl sites for hydroxylation is 1. The zero-order chi connectivity index (χ0) is 20.1. The number of hydrogen-bond donors (Lipinski definition) is 0. The lowest BCUT2D eigenvalue weighted by atomic mass is 10.0. The lowest BCUT2D eigenvalue weighted by molar-refractivity contribution is -0.105. The van der Waals surface area contributed by atoms with Gasteiger partial charge < -0.3 is 0 Å². The first-order valence-corrected chi connectivity index (χ1v) is 10.6. The smallest absolute Gasteiger partial charge is 0.206 e. The molecule has 0 heterocycles. The van der Waals surface area contributed by atoms with Crippen LogP contribution in [-0.4, -0.2) is 11.9 Å². The van der Waals surface area contributed by atoms with Crippen LogP contribution >= 0.6 is 23.5 Å². The SMILES string of the molecule is Cc1cc(F)c(-c2cccc(SCc3ccccc3)c2)cc1SCC(F)(F)F. The third-order valence-corrected chi connectivity index (χ3v) is 6.34. The van der Waals surface area contributed by atoms with Crippen LogP contribution in [0.15, 0.2) is 76.5 Å². The third kappa shape index (κ3) is 5.79. The number of benzene rings is 3. The van der Waals surface area contributed by atoms with Gasteiger partial charge in [-0.1, -0.05) is 42.5 Å². The Balaban J connectivity index is 1.82. The van der Waals surface area contributed by atoms with Gasteiger partial charge in [-0.05, 0) is 47.9 Å². The Kier molecular flexibility index (Phi) is 6.73. The summed E-state index contributed by atoms with van der Waals surface area (Å²) in [5, 5.41) is 0. The van der Waals surface area contributed by atoms with Crippen LogP contribution < -0.4 is 0 Å². The van der Waals surface area contributed by atoms with Crippen molar-refractivity contribution in [3.8, 4) is 11.1 Å². The van der Waals surface area contributed by atoms with Crippen LogP contribution in [0.2, 0.25) is 0 Å². The van der Waals surface area contributed by atoms with Gasteiger partial charge in [-0.2, -0.15) is 13.2 Å². The van der Waals surface area contributed by atoms with Gasteiger partial charge in [0.1, 0.15) is 5.82 Å². The molecule has 0 saturated heterocycles. The predicted molar refractivity (Wildman–Crippen MR) is 109 cm³/mol. The molecule has 0 aliphatic carbocycles. The normalized spacial score (nSPS) is 11.6. The molecule has 0 saturated carbocycles. The maximum absolute atomic E-state index is 14.5. The maximum atomic E-state index is 14.5. The zero-order valence-electron chi connectivity index (χ0n) is 15.1. The molecular formula is C22H18F4S2. The highest BCUT2D eigenvalue weighted by Crippen LogP contribution is 2.35. The minimum Gasteiger partial charge on any atom is -0.206 e. The highest BCUT2D eigenvalue weighted by Gasteiger charge is 2.27. The topological polar surface area (TPSA) is 0 Å². The largest absolute Gasteiger partial charge is 0.398 e. The van der Waals surface area contributed by atoms with Gasteiger partial charge in [0.2, 0.25) is 0 Å². The molecule has 0 bridgehead atoms. The molecule has 28 heavy (non-hydrogen) atoms. The quantitative estimate of drug-likeness (QED) is 0.294. The van der Waals surface area contributed by atoms with Gasteiger partial charge >= 0.3 is 6.18 Å². The van der Waals surface area contributed by atoms with Crippen molar-refractivity contribution in [2.24, 2.45) is 0 Å². The fourth-order valence-electron chi connectivity index (χ4n) is 2.68. The predicted octanol–water partition coefficient (Wildman–Crippen LogP) is 7.75. The van der Waals surface area contributed by atoms with E-state index in [1.807, 2.05) is 48.5 Å². The molecule has 0 aliphatic rings. The van der Waals surface area contributed by atoms with Crippen LogP contribution in [0.1, 0.15) is 11.1 Å². The van der Waals surface area contributed by atoms with E-state index in [4.69, 9.17) is 0 Å².